The highest BCUT2D eigenvalue weighted by molar-refractivity contribution is 7.91. The van der Waals surface area contributed by atoms with Gasteiger partial charge in [0.25, 0.3) is 10.0 Å². The van der Waals surface area contributed by atoms with Gasteiger partial charge in [0.1, 0.15) is 4.21 Å². The minimum atomic E-state index is -3.53. The largest absolute Gasteiger partial charge is 0.355 e. The van der Waals surface area contributed by atoms with E-state index in [-0.39, 0.29) is 18.4 Å². The molecule has 164 valence electrons. The van der Waals surface area contributed by atoms with Crippen molar-refractivity contribution in [2.45, 2.75) is 30.4 Å². The fraction of sp³-hybridized carbons (Fsp3) is 0.364. The normalized spacial score (nSPS) is 17.5. The first-order valence-corrected chi connectivity index (χ1v) is 12.6. The van der Waals surface area contributed by atoms with E-state index in [9.17, 15) is 13.2 Å². The van der Waals surface area contributed by atoms with Gasteiger partial charge in [-0.1, -0.05) is 18.2 Å². The lowest BCUT2D eigenvalue weighted by Gasteiger charge is -2.30. The Morgan fingerprint density at radius 1 is 1.23 bits per heavy atom. The van der Waals surface area contributed by atoms with Crippen LogP contribution >= 0.6 is 11.3 Å². The molecular formula is C22H26N4O3S2. The van der Waals surface area contributed by atoms with Crippen LogP contribution < -0.4 is 5.32 Å². The maximum absolute atomic E-state index is 12.9. The van der Waals surface area contributed by atoms with Gasteiger partial charge in [-0.25, -0.2) is 13.1 Å². The number of sulfonamides is 1. The van der Waals surface area contributed by atoms with Crippen LogP contribution in [0.5, 0.6) is 0 Å². The van der Waals surface area contributed by atoms with Crippen molar-refractivity contribution in [2.75, 3.05) is 19.6 Å². The molecule has 7 nitrogen and oxygen atoms in total. The van der Waals surface area contributed by atoms with Crippen LogP contribution in [0.1, 0.15) is 23.3 Å². The van der Waals surface area contributed by atoms with Crippen molar-refractivity contribution in [2.24, 2.45) is 5.92 Å². The van der Waals surface area contributed by atoms with Crippen LogP contribution in [0.15, 0.2) is 59.1 Å². The molecule has 1 aromatic carbocycles. The molecule has 0 radical (unpaired) electrons. The first-order chi connectivity index (χ1) is 14.9. The molecule has 1 unspecified atom stereocenters. The van der Waals surface area contributed by atoms with Gasteiger partial charge in [-0.15, -0.1) is 11.3 Å². The van der Waals surface area contributed by atoms with Gasteiger partial charge in [0.2, 0.25) is 5.91 Å². The number of thiophene rings is 1. The van der Waals surface area contributed by atoms with Gasteiger partial charge in [0, 0.05) is 30.7 Å². The third-order valence-corrected chi connectivity index (χ3v) is 8.77. The average molecular weight is 459 g/mol. The number of nitrogens with zero attached hydrogens (tertiary/aromatic N) is 3. The molecule has 31 heavy (non-hydrogen) atoms. The zero-order valence-electron chi connectivity index (χ0n) is 17.4. The van der Waals surface area contributed by atoms with Crippen LogP contribution in [0.3, 0.4) is 0 Å². The molecule has 1 saturated heterocycles. The number of aryl methyl sites for hydroxylation is 1. The topological polar surface area (TPSA) is 84.3 Å². The van der Waals surface area contributed by atoms with E-state index < -0.39 is 10.0 Å². The highest BCUT2D eigenvalue weighted by Crippen LogP contribution is 2.28. The summed E-state index contributed by atoms with van der Waals surface area (Å²) in [5.41, 5.74) is 2.02. The molecule has 1 amide bonds. The molecule has 1 N–H and O–H groups in total. The molecule has 0 aliphatic carbocycles. The Morgan fingerprint density at radius 2 is 2.03 bits per heavy atom. The number of nitrogens with one attached hydrogen (secondary N) is 1. The van der Waals surface area contributed by atoms with Gasteiger partial charge in [-0.3, -0.25) is 4.79 Å². The Morgan fingerprint density at radius 3 is 2.77 bits per heavy atom. The molecule has 1 aliphatic heterocycles. The van der Waals surface area contributed by atoms with Crippen LogP contribution in [0.2, 0.25) is 0 Å². The Balaban J connectivity index is 1.30. The fourth-order valence-corrected chi connectivity index (χ4v) is 6.70. The van der Waals surface area contributed by atoms with E-state index >= 15 is 0 Å². The maximum Gasteiger partial charge on any atom is 0.252 e. The van der Waals surface area contributed by atoms with Gasteiger partial charge in [-0.05, 0) is 56.0 Å². The lowest BCUT2D eigenvalue weighted by atomic mass is 9.99. The van der Waals surface area contributed by atoms with E-state index in [0.29, 0.717) is 36.6 Å². The quantitative estimate of drug-likeness (QED) is 0.590. The Labute approximate surface area is 186 Å². The summed E-state index contributed by atoms with van der Waals surface area (Å²) in [7, 11) is -3.53. The number of amides is 1. The predicted octanol–water partition coefficient (Wildman–Crippen LogP) is 3.00. The van der Waals surface area contributed by atoms with Crippen molar-refractivity contribution in [3.63, 3.8) is 0 Å². The second-order valence-corrected chi connectivity index (χ2v) is 11.2. The summed E-state index contributed by atoms with van der Waals surface area (Å²) in [6, 6.07) is 13.3. The van der Waals surface area contributed by atoms with Crippen LogP contribution in [0, 0.1) is 12.8 Å². The van der Waals surface area contributed by atoms with Crippen LogP contribution in [0.4, 0.5) is 0 Å². The summed E-state index contributed by atoms with van der Waals surface area (Å²) in [6.07, 6.45) is 5.82. The molecule has 0 spiro atoms. The zero-order valence-corrected chi connectivity index (χ0v) is 19.0. The predicted molar refractivity (Wildman–Crippen MR) is 121 cm³/mol. The summed E-state index contributed by atoms with van der Waals surface area (Å²) >= 11 is 1.27. The van der Waals surface area contributed by atoms with Gasteiger partial charge >= 0.3 is 0 Å². The monoisotopic (exact) mass is 458 g/mol. The molecule has 1 atom stereocenters. The fourth-order valence-electron chi connectivity index (χ4n) is 3.74. The molecule has 2 aromatic heterocycles. The van der Waals surface area contributed by atoms with E-state index in [2.05, 4.69) is 10.4 Å². The summed E-state index contributed by atoms with van der Waals surface area (Å²) in [5, 5.41) is 7.34. The van der Waals surface area contributed by atoms with Gasteiger partial charge < -0.3 is 5.32 Å². The van der Waals surface area contributed by atoms with Crippen molar-refractivity contribution in [1.29, 1.82) is 0 Å². The Bertz CT molecular complexity index is 1140. The molecular weight excluding hydrogens is 432 g/mol. The molecule has 0 bridgehead atoms. The van der Waals surface area contributed by atoms with E-state index in [1.807, 2.05) is 54.2 Å². The molecule has 1 fully saturated rings. The van der Waals surface area contributed by atoms with Crippen LogP contribution in [-0.2, 0) is 21.2 Å². The minimum Gasteiger partial charge on any atom is -0.355 e. The molecule has 3 heterocycles. The van der Waals surface area contributed by atoms with E-state index in [1.54, 1.807) is 12.3 Å². The smallest absolute Gasteiger partial charge is 0.252 e. The zero-order chi connectivity index (χ0) is 21.8. The van der Waals surface area contributed by atoms with Crippen molar-refractivity contribution in [3.8, 4) is 5.69 Å². The average Bonchev–Trinajstić information content (AvgIpc) is 3.44. The number of carbonyl (C=O) groups excluding carboxylic acids is 1. The maximum atomic E-state index is 12.9. The minimum absolute atomic E-state index is 0.0855. The van der Waals surface area contributed by atoms with Gasteiger partial charge in [0.15, 0.2) is 0 Å². The number of para-hydroxylation sites is 1. The van der Waals surface area contributed by atoms with Crippen molar-refractivity contribution in [1.82, 2.24) is 19.4 Å². The summed E-state index contributed by atoms with van der Waals surface area (Å²) < 4.78 is 29.4. The van der Waals surface area contributed by atoms with Crippen molar-refractivity contribution < 1.29 is 13.2 Å². The number of aromatic nitrogens is 2. The first kappa shape index (κ1) is 21.7. The highest BCUT2D eigenvalue weighted by atomic mass is 32.2. The highest BCUT2D eigenvalue weighted by Gasteiger charge is 2.33. The lowest BCUT2D eigenvalue weighted by molar-refractivity contribution is -0.126. The molecule has 9 heteroatoms. The van der Waals surface area contributed by atoms with E-state index in [0.717, 1.165) is 16.1 Å². The van der Waals surface area contributed by atoms with E-state index in [1.165, 1.54) is 15.6 Å². The number of hydrogen-bond acceptors (Lipinski definition) is 5. The number of hydrogen-bond donors (Lipinski definition) is 1. The lowest BCUT2D eigenvalue weighted by Crippen LogP contribution is -2.45. The Hall–Kier alpha value is -2.49. The second kappa shape index (κ2) is 9.33. The van der Waals surface area contributed by atoms with Crippen LogP contribution in [-0.4, -0.2) is 48.0 Å². The SMILES string of the molecule is Cc1ccc(S(=O)(=O)N2CCCC(C(=O)NCCc3cnn(-c4ccccc4)c3)C2)s1. The van der Waals surface area contributed by atoms with Crippen molar-refractivity contribution >= 4 is 27.3 Å². The molecule has 4 rings (SSSR count). The van der Waals surface area contributed by atoms with Gasteiger partial charge in [0.05, 0.1) is 17.8 Å². The molecule has 1 aliphatic rings. The van der Waals surface area contributed by atoms with Crippen molar-refractivity contribution in [3.05, 3.63) is 65.3 Å². The number of carbonyl (C=O) groups is 1. The molecule has 0 saturated carbocycles. The number of rotatable bonds is 7. The summed E-state index contributed by atoms with van der Waals surface area (Å²) in [5.74, 6) is -0.408. The number of benzene rings is 1. The molecule has 3 aromatic rings. The number of piperidine rings is 1. The standard InChI is InChI=1S/C22H26N4O3S2/c1-17-9-10-21(30-17)31(28,29)25-13-5-6-19(16-25)22(27)23-12-11-18-14-24-26(15-18)20-7-3-2-4-8-20/h2-4,7-10,14-15,19H,5-6,11-13,16H2,1H3,(H,23,27). The van der Waals surface area contributed by atoms with Crippen LogP contribution in [0.25, 0.3) is 5.69 Å². The third-order valence-electron chi connectivity index (χ3n) is 5.43. The third kappa shape index (κ3) is 5.06. The summed E-state index contributed by atoms with van der Waals surface area (Å²) in [6.45, 7) is 3.07. The second-order valence-electron chi connectivity index (χ2n) is 7.74. The van der Waals surface area contributed by atoms with Gasteiger partial charge in [-0.2, -0.15) is 9.40 Å². The Kier molecular flexibility index (Phi) is 6.54. The van der Waals surface area contributed by atoms with E-state index in [4.69, 9.17) is 0 Å². The first-order valence-electron chi connectivity index (χ1n) is 10.4. The summed E-state index contributed by atoms with van der Waals surface area (Å²) in [4.78, 5) is 13.6.